The number of aromatic nitrogens is 3. The molecule has 0 saturated carbocycles. The summed E-state index contributed by atoms with van der Waals surface area (Å²) >= 11 is 1.52. The summed E-state index contributed by atoms with van der Waals surface area (Å²) in [5.74, 6) is 1.22. The Morgan fingerprint density at radius 1 is 1.56 bits per heavy atom. The fourth-order valence-corrected chi connectivity index (χ4v) is 2.41. The number of thiazole rings is 1. The molecule has 1 unspecified atom stereocenters. The third-order valence-corrected chi connectivity index (χ3v) is 3.49. The van der Waals surface area contributed by atoms with Gasteiger partial charge in [-0.05, 0) is 7.05 Å². The van der Waals surface area contributed by atoms with Crippen LogP contribution in [0.3, 0.4) is 0 Å². The number of nitrogens with zero attached hydrogens (tertiary/aromatic N) is 4. The molecule has 98 valence electrons. The van der Waals surface area contributed by atoms with E-state index < -0.39 is 0 Å². The molecule has 0 bridgehead atoms. The van der Waals surface area contributed by atoms with Crippen LogP contribution in [0.1, 0.15) is 11.9 Å². The Balaban J connectivity index is 0.00000120. The molecule has 0 spiro atoms. The summed E-state index contributed by atoms with van der Waals surface area (Å²) in [7, 11) is 2.07. The predicted octanol–water partition coefficient (Wildman–Crippen LogP) is 1.19. The lowest BCUT2D eigenvalue weighted by Gasteiger charge is -2.30. The summed E-state index contributed by atoms with van der Waals surface area (Å²) in [5, 5.41) is 9.28. The number of likely N-dealkylation sites (N-methyl/N-ethyl adjacent to an activating group) is 1. The van der Waals surface area contributed by atoms with Crippen LogP contribution in [0, 0.1) is 0 Å². The third kappa shape index (κ3) is 2.54. The van der Waals surface area contributed by atoms with E-state index in [9.17, 15) is 0 Å². The molecule has 0 aromatic carbocycles. The average Bonchev–Trinajstić information content (AvgIpc) is 3.00. The molecule has 0 aliphatic carbocycles. The van der Waals surface area contributed by atoms with Crippen molar-refractivity contribution in [3.05, 3.63) is 16.7 Å². The summed E-state index contributed by atoms with van der Waals surface area (Å²) in [6.07, 6.45) is 0. The van der Waals surface area contributed by atoms with Gasteiger partial charge in [-0.3, -0.25) is 4.90 Å². The van der Waals surface area contributed by atoms with Gasteiger partial charge in [0.1, 0.15) is 5.69 Å². The summed E-state index contributed by atoms with van der Waals surface area (Å²) in [4.78, 5) is 10.8. The first-order valence-electron chi connectivity index (χ1n) is 5.48. The predicted molar refractivity (Wildman–Crippen MR) is 70.9 cm³/mol. The van der Waals surface area contributed by atoms with E-state index in [2.05, 4.69) is 32.4 Å². The van der Waals surface area contributed by atoms with Gasteiger partial charge in [0, 0.05) is 25.0 Å². The van der Waals surface area contributed by atoms with Crippen LogP contribution in [0.25, 0.3) is 11.6 Å². The van der Waals surface area contributed by atoms with Crippen molar-refractivity contribution in [2.24, 2.45) is 0 Å². The van der Waals surface area contributed by atoms with Gasteiger partial charge < -0.3 is 9.84 Å². The number of hydrogen-bond acceptors (Lipinski definition) is 7. The number of piperazine rings is 1. The minimum absolute atomic E-state index is 0. The van der Waals surface area contributed by atoms with Crippen LogP contribution >= 0.6 is 23.7 Å². The second-order valence-corrected chi connectivity index (χ2v) is 4.75. The highest BCUT2D eigenvalue weighted by Gasteiger charge is 2.25. The Hall–Kier alpha value is -1.02. The standard InChI is InChI=1S/C10H13N5OS.ClH/c1-15-3-2-11-4-8(15)9-13-10(16-14-9)7-5-17-6-12-7;/h5-6,8,11H,2-4H2,1H3;1H. The molecular formula is C10H14ClN5OS. The van der Waals surface area contributed by atoms with Crippen molar-refractivity contribution < 1.29 is 4.52 Å². The maximum atomic E-state index is 5.24. The van der Waals surface area contributed by atoms with E-state index in [1.54, 1.807) is 5.51 Å². The van der Waals surface area contributed by atoms with Crippen molar-refractivity contribution in [2.75, 3.05) is 26.7 Å². The van der Waals surface area contributed by atoms with E-state index in [1.165, 1.54) is 11.3 Å². The highest BCUT2D eigenvalue weighted by atomic mass is 35.5. The first-order valence-corrected chi connectivity index (χ1v) is 6.42. The van der Waals surface area contributed by atoms with E-state index in [4.69, 9.17) is 4.52 Å². The molecule has 0 radical (unpaired) electrons. The molecule has 1 saturated heterocycles. The molecule has 6 nitrogen and oxygen atoms in total. The van der Waals surface area contributed by atoms with E-state index in [1.807, 2.05) is 5.38 Å². The van der Waals surface area contributed by atoms with Crippen LogP contribution in [0.15, 0.2) is 15.4 Å². The summed E-state index contributed by atoms with van der Waals surface area (Å²) in [5.41, 5.74) is 2.51. The highest BCUT2D eigenvalue weighted by Crippen LogP contribution is 2.22. The van der Waals surface area contributed by atoms with Gasteiger partial charge in [-0.2, -0.15) is 4.98 Å². The maximum absolute atomic E-state index is 5.24. The van der Waals surface area contributed by atoms with Gasteiger partial charge in [0.25, 0.3) is 5.89 Å². The lowest BCUT2D eigenvalue weighted by atomic mass is 10.2. The fourth-order valence-electron chi connectivity index (χ4n) is 1.89. The minimum Gasteiger partial charge on any atom is -0.332 e. The zero-order valence-electron chi connectivity index (χ0n) is 9.87. The number of hydrogen-bond donors (Lipinski definition) is 1. The molecule has 3 rings (SSSR count). The molecule has 0 amide bonds. The Labute approximate surface area is 115 Å². The molecule has 1 aliphatic rings. The Bertz CT molecular complexity index is 488. The van der Waals surface area contributed by atoms with Crippen molar-refractivity contribution in [1.82, 2.24) is 25.3 Å². The number of rotatable bonds is 2. The molecule has 2 aromatic heterocycles. The summed E-state index contributed by atoms with van der Waals surface area (Å²) in [6, 6.07) is 0.180. The van der Waals surface area contributed by atoms with Gasteiger partial charge in [0.15, 0.2) is 5.82 Å². The molecular weight excluding hydrogens is 274 g/mol. The zero-order chi connectivity index (χ0) is 11.7. The van der Waals surface area contributed by atoms with Crippen LogP contribution < -0.4 is 5.32 Å². The quantitative estimate of drug-likeness (QED) is 0.895. The van der Waals surface area contributed by atoms with Crippen molar-refractivity contribution in [2.45, 2.75) is 6.04 Å². The zero-order valence-corrected chi connectivity index (χ0v) is 11.5. The van der Waals surface area contributed by atoms with E-state index in [0.717, 1.165) is 31.2 Å². The lowest BCUT2D eigenvalue weighted by molar-refractivity contribution is 0.190. The van der Waals surface area contributed by atoms with Crippen LogP contribution in [0.2, 0.25) is 0 Å². The summed E-state index contributed by atoms with van der Waals surface area (Å²) < 4.78 is 5.24. The lowest BCUT2D eigenvalue weighted by Crippen LogP contribution is -2.44. The number of halogens is 1. The minimum atomic E-state index is 0. The van der Waals surface area contributed by atoms with Crippen LogP contribution in [-0.4, -0.2) is 46.7 Å². The molecule has 1 aliphatic heterocycles. The van der Waals surface area contributed by atoms with Gasteiger partial charge in [-0.1, -0.05) is 5.16 Å². The maximum Gasteiger partial charge on any atom is 0.277 e. The van der Waals surface area contributed by atoms with Crippen molar-refractivity contribution in [3.8, 4) is 11.6 Å². The highest BCUT2D eigenvalue weighted by molar-refractivity contribution is 7.07. The molecule has 8 heteroatoms. The van der Waals surface area contributed by atoms with Gasteiger partial charge in [-0.15, -0.1) is 23.7 Å². The van der Waals surface area contributed by atoms with Gasteiger partial charge in [-0.25, -0.2) is 4.98 Å². The molecule has 1 atom stereocenters. The smallest absolute Gasteiger partial charge is 0.277 e. The molecule has 1 N–H and O–H groups in total. The van der Waals surface area contributed by atoms with Crippen molar-refractivity contribution in [1.29, 1.82) is 0 Å². The van der Waals surface area contributed by atoms with Crippen molar-refractivity contribution in [3.63, 3.8) is 0 Å². The van der Waals surface area contributed by atoms with E-state index >= 15 is 0 Å². The SMILES string of the molecule is CN1CCNCC1c1noc(-c2cscn2)n1.Cl. The van der Waals surface area contributed by atoms with Crippen LogP contribution in [0.5, 0.6) is 0 Å². The van der Waals surface area contributed by atoms with Gasteiger partial charge in [0.2, 0.25) is 0 Å². The van der Waals surface area contributed by atoms with Crippen molar-refractivity contribution >= 4 is 23.7 Å². The van der Waals surface area contributed by atoms with Gasteiger partial charge in [0.05, 0.1) is 11.6 Å². The normalized spacial score (nSPS) is 20.6. The second kappa shape index (κ2) is 5.75. The Morgan fingerprint density at radius 2 is 2.44 bits per heavy atom. The first kappa shape index (κ1) is 13.4. The second-order valence-electron chi connectivity index (χ2n) is 4.03. The number of nitrogens with one attached hydrogen (secondary N) is 1. The molecule has 18 heavy (non-hydrogen) atoms. The van der Waals surface area contributed by atoms with Crippen LogP contribution in [-0.2, 0) is 0 Å². The largest absolute Gasteiger partial charge is 0.332 e. The molecule has 2 aromatic rings. The Morgan fingerprint density at radius 3 is 3.17 bits per heavy atom. The third-order valence-electron chi connectivity index (χ3n) is 2.90. The molecule has 3 heterocycles. The first-order chi connectivity index (χ1) is 8.34. The van der Waals surface area contributed by atoms with E-state index in [0.29, 0.717) is 5.89 Å². The fraction of sp³-hybridized carbons (Fsp3) is 0.500. The average molecular weight is 288 g/mol. The summed E-state index contributed by atoms with van der Waals surface area (Å²) in [6.45, 7) is 2.85. The Kier molecular flexibility index (Phi) is 4.28. The molecule has 1 fully saturated rings. The van der Waals surface area contributed by atoms with Gasteiger partial charge >= 0.3 is 0 Å². The monoisotopic (exact) mass is 287 g/mol. The van der Waals surface area contributed by atoms with Crippen LogP contribution in [0.4, 0.5) is 0 Å². The topological polar surface area (TPSA) is 67.1 Å². The van der Waals surface area contributed by atoms with E-state index in [-0.39, 0.29) is 18.4 Å².